The first-order valence-electron chi connectivity index (χ1n) is 5.47. The van der Waals surface area contributed by atoms with Gasteiger partial charge in [-0.3, -0.25) is 9.48 Å². The maximum atomic E-state index is 11.6. The summed E-state index contributed by atoms with van der Waals surface area (Å²) in [7, 11) is 0. The molecule has 2 aromatic rings. The molecule has 2 heterocycles. The van der Waals surface area contributed by atoms with Crippen molar-refractivity contribution in [3.63, 3.8) is 0 Å². The molecule has 2 rings (SSSR count). The number of rotatable bonds is 4. The monoisotopic (exact) mass is 246 g/mol. The summed E-state index contributed by atoms with van der Waals surface area (Å²) in [6.45, 7) is 2.32. The van der Waals surface area contributed by atoms with Gasteiger partial charge in [0.15, 0.2) is 0 Å². The molecule has 0 fully saturated rings. The Hall–Kier alpha value is -2.44. The SMILES string of the molecule is Cc1nccc(CNC(=O)Cn2ccc(N)n2)n1. The molecule has 7 heteroatoms. The van der Waals surface area contributed by atoms with Crippen molar-refractivity contribution in [3.05, 3.63) is 36.0 Å². The van der Waals surface area contributed by atoms with Crippen LogP contribution in [0.4, 0.5) is 5.82 Å². The average Bonchev–Trinajstić information content (AvgIpc) is 2.72. The predicted molar refractivity (Wildman–Crippen MR) is 65.3 cm³/mol. The van der Waals surface area contributed by atoms with Gasteiger partial charge in [0.1, 0.15) is 18.2 Å². The zero-order chi connectivity index (χ0) is 13.0. The highest BCUT2D eigenvalue weighted by molar-refractivity contribution is 5.75. The highest BCUT2D eigenvalue weighted by Gasteiger charge is 2.04. The Balaban J connectivity index is 1.85. The molecule has 94 valence electrons. The summed E-state index contributed by atoms with van der Waals surface area (Å²) in [5.74, 6) is 0.935. The number of aryl methyl sites for hydroxylation is 1. The van der Waals surface area contributed by atoms with Crippen LogP contribution in [0.15, 0.2) is 24.5 Å². The van der Waals surface area contributed by atoms with E-state index >= 15 is 0 Å². The second-order valence-corrected chi connectivity index (χ2v) is 3.81. The third-order valence-electron chi connectivity index (χ3n) is 2.27. The minimum absolute atomic E-state index is 0.140. The number of nitrogens with one attached hydrogen (secondary N) is 1. The number of carbonyl (C=O) groups is 1. The van der Waals surface area contributed by atoms with Crippen LogP contribution in [0, 0.1) is 6.92 Å². The minimum Gasteiger partial charge on any atom is -0.382 e. The van der Waals surface area contributed by atoms with Gasteiger partial charge >= 0.3 is 0 Å². The van der Waals surface area contributed by atoms with Crippen LogP contribution in [0.3, 0.4) is 0 Å². The first-order valence-corrected chi connectivity index (χ1v) is 5.47. The second-order valence-electron chi connectivity index (χ2n) is 3.81. The average molecular weight is 246 g/mol. The van der Waals surface area contributed by atoms with E-state index in [1.54, 1.807) is 31.5 Å². The second kappa shape index (κ2) is 5.26. The van der Waals surface area contributed by atoms with Gasteiger partial charge in [-0.05, 0) is 19.1 Å². The van der Waals surface area contributed by atoms with Gasteiger partial charge in [-0.25, -0.2) is 9.97 Å². The normalized spacial score (nSPS) is 10.3. The Labute approximate surface area is 104 Å². The fourth-order valence-electron chi connectivity index (χ4n) is 1.46. The van der Waals surface area contributed by atoms with Crippen LogP contribution >= 0.6 is 0 Å². The van der Waals surface area contributed by atoms with Crippen LogP contribution in [0.5, 0.6) is 0 Å². The van der Waals surface area contributed by atoms with Crippen molar-refractivity contribution in [2.45, 2.75) is 20.0 Å². The van der Waals surface area contributed by atoms with E-state index in [-0.39, 0.29) is 12.5 Å². The van der Waals surface area contributed by atoms with Gasteiger partial charge in [-0.15, -0.1) is 0 Å². The summed E-state index contributed by atoms with van der Waals surface area (Å²) >= 11 is 0. The molecule has 0 unspecified atom stereocenters. The molecule has 0 radical (unpaired) electrons. The van der Waals surface area contributed by atoms with Gasteiger partial charge in [-0.2, -0.15) is 5.10 Å². The Morgan fingerprint density at radius 3 is 3.00 bits per heavy atom. The van der Waals surface area contributed by atoms with E-state index in [9.17, 15) is 4.79 Å². The molecular formula is C11H14N6O. The Morgan fingerprint density at radius 2 is 2.33 bits per heavy atom. The van der Waals surface area contributed by atoms with Gasteiger partial charge in [0.25, 0.3) is 0 Å². The molecule has 1 amide bonds. The summed E-state index contributed by atoms with van der Waals surface area (Å²) < 4.78 is 1.48. The van der Waals surface area contributed by atoms with E-state index in [0.29, 0.717) is 18.2 Å². The first kappa shape index (κ1) is 12.0. The molecule has 2 aromatic heterocycles. The quantitative estimate of drug-likeness (QED) is 0.783. The van der Waals surface area contributed by atoms with Crippen LogP contribution in [-0.2, 0) is 17.9 Å². The van der Waals surface area contributed by atoms with Gasteiger partial charge < -0.3 is 11.1 Å². The fraction of sp³-hybridized carbons (Fsp3) is 0.273. The third kappa shape index (κ3) is 3.27. The highest BCUT2D eigenvalue weighted by atomic mass is 16.2. The number of hydrogen-bond acceptors (Lipinski definition) is 5. The Bertz CT molecular complexity index is 550. The van der Waals surface area contributed by atoms with Gasteiger partial charge in [0, 0.05) is 12.4 Å². The lowest BCUT2D eigenvalue weighted by atomic mass is 10.4. The molecule has 0 bridgehead atoms. The van der Waals surface area contributed by atoms with Crippen molar-refractivity contribution >= 4 is 11.7 Å². The van der Waals surface area contributed by atoms with Crippen LogP contribution < -0.4 is 11.1 Å². The zero-order valence-electron chi connectivity index (χ0n) is 10.00. The molecule has 0 spiro atoms. The lowest BCUT2D eigenvalue weighted by Crippen LogP contribution is -2.27. The topological polar surface area (TPSA) is 98.7 Å². The van der Waals surface area contributed by atoms with Crippen molar-refractivity contribution in [2.24, 2.45) is 0 Å². The molecular weight excluding hydrogens is 232 g/mol. The molecule has 0 atom stereocenters. The number of nitrogen functional groups attached to an aromatic ring is 1. The van der Waals surface area contributed by atoms with E-state index in [1.165, 1.54) is 4.68 Å². The van der Waals surface area contributed by atoms with E-state index < -0.39 is 0 Å². The van der Waals surface area contributed by atoms with Crippen LogP contribution in [-0.4, -0.2) is 25.7 Å². The van der Waals surface area contributed by atoms with Crippen LogP contribution in [0.1, 0.15) is 11.5 Å². The number of anilines is 1. The Morgan fingerprint density at radius 1 is 1.50 bits per heavy atom. The largest absolute Gasteiger partial charge is 0.382 e. The molecule has 0 aliphatic carbocycles. The standard InChI is InChI=1S/C11H14N6O/c1-8-13-4-2-9(15-8)6-14-11(18)7-17-5-3-10(12)16-17/h2-5H,6-7H2,1H3,(H2,12,16)(H,14,18). The van der Waals surface area contributed by atoms with Gasteiger partial charge in [-0.1, -0.05) is 0 Å². The van der Waals surface area contributed by atoms with Gasteiger partial charge in [0.2, 0.25) is 5.91 Å². The van der Waals surface area contributed by atoms with Crippen molar-refractivity contribution in [3.8, 4) is 0 Å². The molecule has 0 aromatic carbocycles. The van der Waals surface area contributed by atoms with Crippen LogP contribution in [0.2, 0.25) is 0 Å². The van der Waals surface area contributed by atoms with Crippen molar-refractivity contribution in [2.75, 3.05) is 5.73 Å². The summed E-state index contributed by atoms with van der Waals surface area (Å²) in [6, 6.07) is 3.40. The van der Waals surface area contributed by atoms with Crippen LogP contribution in [0.25, 0.3) is 0 Å². The fourth-order valence-corrected chi connectivity index (χ4v) is 1.46. The molecule has 0 saturated carbocycles. The number of aromatic nitrogens is 4. The van der Waals surface area contributed by atoms with Crippen molar-refractivity contribution in [1.29, 1.82) is 0 Å². The highest BCUT2D eigenvalue weighted by Crippen LogP contribution is 1.96. The number of hydrogen-bond donors (Lipinski definition) is 2. The lowest BCUT2D eigenvalue weighted by Gasteiger charge is -2.05. The van der Waals surface area contributed by atoms with E-state index in [0.717, 1.165) is 5.69 Å². The van der Waals surface area contributed by atoms with E-state index in [2.05, 4.69) is 20.4 Å². The molecule has 18 heavy (non-hydrogen) atoms. The zero-order valence-corrected chi connectivity index (χ0v) is 10.00. The maximum Gasteiger partial charge on any atom is 0.242 e. The number of amides is 1. The smallest absolute Gasteiger partial charge is 0.242 e. The first-order chi connectivity index (χ1) is 8.63. The Kier molecular flexibility index (Phi) is 3.52. The molecule has 3 N–H and O–H groups in total. The summed E-state index contributed by atoms with van der Waals surface area (Å²) in [5.41, 5.74) is 6.23. The number of carbonyl (C=O) groups excluding carboxylic acids is 1. The molecule has 7 nitrogen and oxygen atoms in total. The minimum atomic E-state index is -0.144. The lowest BCUT2D eigenvalue weighted by molar-refractivity contribution is -0.122. The van der Waals surface area contributed by atoms with Crippen molar-refractivity contribution in [1.82, 2.24) is 25.1 Å². The summed E-state index contributed by atoms with van der Waals surface area (Å²) in [6.07, 6.45) is 3.32. The maximum absolute atomic E-state index is 11.6. The number of nitrogens with zero attached hydrogens (tertiary/aromatic N) is 4. The predicted octanol–water partition coefficient (Wildman–Crippen LogP) is -0.120. The van der Waals surface area contributed by atoms with E-state index in [4.69, 9.17) is 5.73 Å². The van der Waals surface area contributed by atoms with Gasteiger partial charge in [0.05, 0.1) is 12.2 Å². The summed E-state index contributed by atoms with van der Waals surface area (Å²) in [4.78, 5) is 19.8. The molecule has 0 aliphatic rings. The summed E-state index contributed by atoms with van der Waals surface area (Å²) in [5, 5.41) is 6.68. The molecule has 0 saturated heterocycles. The number of nitrogens with two attached hydrogens (primary N) is 1. The molecule has 0 aliphatic heterocycles. The van der Waals surface area contributed by atoms with E-state index in [1.807, 2.05) is 0 Å². The third-order valence-corrected chi connectivity index (χ3v) is 2.27. The van der Waals surface area contributed by atoms with Crippen molar-refractivity contribution < 1.29 is 4.79 Å².